The fourth-order valence-electron chi connectivity index (χ4n) is 1.41. The summed E-state index contributed by atoms with van der Waals surface area (Å²) in [5.41, 5.74) is 0.771. The zero-order valence-corrected chi connectivity index (χ0v) is 13.5. The highest BCUT2D eigenvalue weighted by molar-refractivity contribution is 9.10. The Labute approximate surface area is 134 Å². The van der Waals surface area contributed by atoms with Crippen LogP contribution in [0.1, 0.15) is 0 Å². The van der Waals surface area contributed by atoms with Gasteiger partial charge >= 0.3 is 0 Å². The van der Waals surface area contributed by atoms with E-state index in [1.807, 2.05) is 18.2 Å². The molecular formula is C12H8BrCl3N2O. The first-order chi connectivity index (χ1) is 9.01. The molecule has 0 atom stereocenters. The lowest BCUT2D eigenvalue weighted by molar-refractivity contribution is 0.412. The molecule has 1 heterocycles. The number of methoxy groups -OCH3 is 1. The zero-order valence-electron chi connectivity index (χ0n) is 9.68. The van der Waals surface area contributed by atoms with Gasteiger partial charge in [-0.05, 0) is 34.1 Å². The first-order valence-electron chi connectivity index (χ1n) is 5.13. The van der Waals surface area contributed by atoms with E-state index in [2.05, 4.69) is 26.2 Å². The third kappa shape index (κ3) is 3.45. The van der Waals surface area contributed by atoms with E-state index >= 15 is 0 Å². The number of nitrogens with zero attached hydrogens (tertiary/aromatic N) is 1. The van der Waals surface area contributed by atoms with Gasteiger partial charge in [0.25, 0.3) is 0 Å². The van der Waals surface area contributed by atoms with Crippen LogP contribution in [-0.4, -0.2) is 12.1 Å². The number of halogens is 4. The van der Waals surface area contributed by atoms with Crippen molar-refractivity contribution in [2.24, 2.45) is 0 Å². The molecule has 3 nitrogen and oxygen atoms in total. The Hall–Kier alpha value is -0.680. The van der Waals surface area contributed by atoms with E-state index < -0.39 is 0 Å². The lowest BCUT2D eigenvalue weighted by atomic mass is 10.3. The molecule has 0 bridgehead atoms. The van der Waals surface area contributed by atoms with Crippen LogP contribution < -0.4 is 10.1 Å². The minimum Gasteiger partial charge on any atom is -0.495 e. The predicted octanol–water partition coefficient (Wildman–Crippen LogP) is 5.56. The number of pyridine rings is 1. The average molecular weight is 382 g/mol. The van der Waals surface area contributed by atoms with Crippen molar-refractivity contribution < 1.29 is 4.74 Å². The number of ether oxygens (including phenoxy) is 1. The van der Waals surface area contributed by atoms with Crippen molar-refractivity contribution in [3.8, 4) is 5.75 Å². The molecule has 1 aromatic heterocycles. The van der Waals surface area contributed by atoms with E-state index in [1.54, 1.807) is 7.11 Å². The normalized spacial score (nSPS) is 10.4. The molecule has 0 saturated heterocycles. The Bertz CT molecular complexity index is 622. The molecular weight excluding hydrogens is 374 g/mol. The van der Waals surface area contributed by atoms with Crippen LogP contribution in [0.25, 0.3) is 0 Å². The van der Waals surface area contributed by atoms with Crippen LogP contribution in [0.4, 0.5) is 11.5 Å². The molecule has 1 N–H and O–H groups in total. The van der Waals surface area contributed by atoms with Crippen molar-refractivity contribution in [1.29, 1.82) is 0 Å². The van der Waals surface area contributed by atoms with Gasteiger partial charge in [0.15, 0.2) is 5.82 Å². The van der Waals surface area contributed by atoms with Crippen LogP contribution in [0.15, 0.2) is 28.7 Å². The van der Waals surface area contributed by atoms with Crippen molar-refractivity contribution in [3.63, 3.8) is 0 Å². The third-order valence-electron chi connectivity index (χ3n) is 2.30. The number of rotatable bonds is 3. The summed E-state index contributed by atoms with van der Waals surface area (Å²) < 4.78 is 6.06. The van der Waals surface area contributed by atoms with Crippen molar-refractivity contribution >= 4 is 62.2 Å². The topological polar surface area (TPSA) is 34.1 Å². The molecule has 0 spiro atoms. The van der Waals surface area contributed by atoms with Crippen LogP contribution in [0.3, 0.4) is 0 Å². The molecule has 0 saturated carbocycles. The molecule has 1 aromatic carbocycles. The highest BCUT2D eigenvalue weighted by Gasteiger charge is 2.09. The lowest BCUT2D eigenvalue weighted by Gasteiger charge is -2.10. The first kappa shape index (κ1) is 14.7. The van der Waals surface area contributed by atoms with E-state index in [0.29, 0.717) is 21.6 Å². The van der Waals surface area contributed by atoms with Gasteiger partial charge in [0.1, 0.15) is 10.9 Å². The number of benzene rings is 1. The summed E-state index contributed by atoms with van der Waals surface area (Å²) in [7, 11) is 1.59. The molecule has 0 fully saturated rings. The highest BCUT2D eigenvalue weighted by Crippen LogP contribution is 2.33. The average Bonchev–Trinajstić information content (AvgIpc) is 2.38. The monoisotopic (exact) mass is 380 g/mol. The number of anilines is 2. The maximum absolute atomic E-state index is 6.05. The van der Waals surface area contributed by atoms with Crippen molar-refractivity contribution in [1.82, 2.24) is 4.98 Å². The summed E-state index contributed by atoms with van der Waals surface area (Å²) in [5.74, 6) is 1.13. The molecule has 0 aliphatic carbocycles. The smallest absolute Gasteiger partial charge is 0.151 e. The molecule has 0 aliphatic rings. The molecule has 100 valence electrons. The zero-order chi connectivity index (χ0) is 14.0. The first-order valence-corrected chi connectivity index (χ1v) is 7.06. The van der Waals surface area contributed by atoms with Gasteiger partial charge in [-0.25, -0.2) is 4.98 Å². The van der Waals surface area contributed by atoms with Gasteiger partial charge in [-0.15, -0.1) is 0 Å². The fraction of sp³-hybridized carbons (Fsp3) is 0.0833. The van der Waals surface area contributed by atoms with Gasteiger partial charge in [0.05, 0.1) is 21.6 Å². The van der Waals surface area contributed by atoms with Crippen LogP contribution >= 0.6 is 50.7 Å². The van der Waals surface area contributed by atoms with E-state index in [-0.39, 0.29) is 5.15 Å². The summed E-state index contributed by atoms with van der Waals surface area (Å²) in [6, 6.07) is 7.06. The van der Waals surface area contributed by atoms with Gasteiger partial charge in [0, 0.05) is 11.8 Å². The number of aromatic nitrogens is 1. The van der Waals surface area contributed by atoms with E-state index in [9.17, 15) is 0 Å². The summed E-state index contributed by atoms with van der Waals surface area (Å²) in [4.78, 5) is 4.08. The van der Waals surface area contributed by atoms with E-state index in [4.69, 9.17) is 39.5 Å². The lowest BCUT2D eigenvalue weighted by Crippen LogP contribution is -1.96. The molecule has 0 amide bonds. The molecule has 0 radical (unpaired) electrons. The molecule has 7 heteroatoms. The Morgan fingerprint density at radius 1 is 1.16 bits per heavy atom. The molecule has 0 unspecified atom stereocenters. The Morgan fingerprint density at radius 3 is 2.58 bits per heavy atom. The van der Waals surface area contributed by atoms with Crippen LogP contribution in [0.5, 0.6) is 5.75 Å². The highest BCUT2D eigenvalue weighted by atomic mass is 79.9. The van der Waals surface area contributed by atoms with E-state index in [1.165, 1.54) is 6.07 Å². The van der Waals surface area contributed by atoms with Gasteiger partial charge in [0.2, 0.25) is 0 Å². The maximum Gasteiger partial charge on any atom is 0.151 e. The number of nitrogens with one attached hydrogen (secondary N) is 1. The van der Waals surface area contributed by atoms with Crippen LogP contribution in [0.2, 0.25) is 15.2 Å². The van der Waals surface area contributed by atoms with Gasteiger partial charge in [-0.2, -0.15) is 0 Å². The molecule has 0 aliphatic heterocycles. The fourth-order valence-corrected chi connectivity index (χ4v) is 2.36. The van der Waals surface area contributed by atoms with Crippen molar-refractivity contribution in [3.05, 3.63) is 43.9 Å². The molecule has 19 heavy (non-hydrogen) atoms. The van der Waals surface area contributed by atoms with Crippen LogP contribution in [0, 0.1) is 0 Å². The second-order valence-electron chi connectivity index (χ2n) is 3.57. The summed E-state index contributed by atoms with van der Waals surface area (Å²) >= 11 is 21.1. The van der Waals surface area contributed by atoms with Gasteiger partial charge < -0.3 is 10.1 Å². The summed E-state index contributed by atoms with van der Waals surface area (Å²) in [5, 5.41) is 3.94. The van der Waals surface area contributed by atoms with Crippen molar-refractivity contribution in [2.45, 2.75) is 0 Å². The quantitative estimate of drug-likeness (QED) is 0.706. The summed E-state index contributed by atoms with van der Waals surface area (Å²) in [6.07, 6.45) is 0. The summed E-state index contributed by atoms with van der Waals surface area (Å²) in [6.45, 7) is 0. The standard InChI is InChI=1S/C12H8BrCl3N2O/c1-19-10-4-6(2-3-7(10)13)17-12-9(15)5-8(14)11(16)18-12/h2-5H,1H3,(H,17,18). The predicted molar refractivity (Wildman–Crippen MR) is 83.2 cm³/mol. The Kier molecular flexibility index (Phi) is 4.79. The van der Waals surface area contributed by atoms with Gasteiger partial charge in [-0.1, -0.05) is 34.8 Å². The Morgan fingerprint density at radius 2 is 1.89 bits per heavy atom. The molecule has 2 aromatic rings. The third-order valence-corrected chi connectivity index (χ3v) is 3.92. The number of hydrogen-bond donors (Lipinski definition) is 1. The minimum absolute atomic E-state index is 0.192. The largest absolute Gasteiger partial charge is 0.495 e. The Balaban J connectivity index is 2.33. The molecule has 2 rings (SSSR count). The van der Waals surface area contributed by atoms with E-state index in [0.717, 1.165) is 10.2 Å². The second-order valence-corrected chi connectivity index (χ2v) is 5.59. The SMILES string of the molecule is COc1cc(Nc2nc(Cl)c(Cl)cc2Cl)ccc1Br. The van der Waals surface area contributed by atoms with Gasteiger partial charge in [-0.3, -0.25) is 0 Å². The maximum atomic E-state index is 6.05. The number of hydrogen-bond acceptors (Lipinski definition) is 3. The second kappa shape index (κ2) is 6.18. The minimum atomic E-state index is 0.192. The van der Waals surface area contributed by atoms with Crippen molar-refractivity contribution in [2.75, 3.05) is 12.4 Å². The van der Waals surface area contributed by atoms with Crippen LogP contribution in [-0.2, 0) is 0 Å².